The van der Waals surface area contributed by atoms with E-state index in [9.17, 15) is 22.8 Å². The van der Waals surface area contributed by atoms with E-state index in [0.717, 1.165) is 40.2 Å². The average Bonchev–Trinajstić information content (AvgIpc) is 3.42. The molecule has 11 heteroatoms. The third-order valence-corrected chi connectivity index (χ3v) is 8.01. The number of nitrogens with two attached hydrogens (primary N) is 1. The number of benzene rings is 3. The molecule has 48 heavy (non-hydrogen) atoms. The highest BCUT2D eigenvalue weighted by Gasteiger charge is 2.35. The summed E-state index contributed by atoms with van der Waals surface area (Å²) in [4.78, 5) is 31.2. The number of anilines is 1. The van der Waals surface area contributed by atoms with Crippen LogP contribution in [0.1, 0.15) is 46.6 Å². The molecule has 0 bridgehead atoms. The molecule has 0 amide bonds. The van der Waals surface area contributed by atoms with E-state index in [1.165, 1.54) is 4.57 Å². The Morgan fingerprint density at radius 1 is 0.938 bits per heavy atom. The number of nitrogens with zero attached hydrogens (tertiary/aromatic N) is 2. The van der Waals surface area contributed by atoms with Crippen LogP contribution in [-0.4, -0.2) is 47.7 Å². The van der Waals surface area contributed by atoms with Crippen LogP contribution in [0.4, 0.5) is 18.9 Å². The normalized spacial score (nSPS) is 12.1. The number of H-pyrrole nitrogens is 1. The number of aromatic nitrogens is 2. The third-order valence-electron chi connectivity index (χ3n) is 8.01. The van der Waals surface area contributed by atoms with E-state index < -0.39 is 29.0 Å². The molecule has 2 heterocycles. The van der Waals surface area contributed by atoms with Gasteiger partial charge in [-0.05, 0) is 99.2 Å². The van der Waals surface area contributed by atoms with E-state index in [-0.39, 0.29) is 24.3 Å². The van der Waals surface area contributed by atoms with Crippen LogP contribution in [0.25, 0.3) is 22.2 Å². The minimum Gasteiger partial charge on any atom is -0.460 e. The fourth-order valence-corrected chi connectivity index (χ4v) is 5.84. The van der Waals surface area contributed by atoms with Gasteiger partial charge in [0.05, 0.1) is 24.4 Å². The highest BCUT2D eigenvalue weighted by Crippen LogP contribution is 2.36. The van der Waals surface area contributed by atoms with Crippen molar-refractivity contribution in [1.82, 2.24) is 14.5 Å². The number of fused-ring (bicyclic) bond motifs is 1. The third kappa shape index (κ3) is 7.74. The highest BCUT2D eigenvalue weighted by atomic mass is 19.4. The van der Waals surface area contributed by atoms with E-state index in [2.05, 4.69) is 4.98 Å². The van der Waals surface area contributed by atoms with Crippen molar-refractivity contribution in [3.8, 4) is 22.8 Å². The van der Waals surface area contributed by atoms with E-state index in [0.29, 0.717) is 22.8 Å². The summed E-state index contributed by atoms with van der Waals surface area (Å²) in [6.45, 7) is 8.95. The van der Waals surface area contributed by atoms with Crippen LogP contribution in [0, 0.1) is 19.3 Å². The summed E-state index contributed by atoms with van der Waals surface area (Å²) in [6, 6.07) is 20.0. The Morgan fingerprint density at radius 2 is 1.62 bits per heavy atom. The van der Waals surface area contributed by atoms with Crippen LogP contribution in [-0.2, 0) is 17.5 Å². The Hall–Kier alpha value is -5.03. The van der Waals surface area contributed by atoms with E-state index in [4.69, 9.17) is 15.2 Å². The monoisotopic (exact) mass is 660 g/mol. The quantitative estimate of drug-likeness (QED) is 0.148. The lowest BCUT2D eigenvalue weighted by molar-refractivity contribution is -0.137. The molecule has 0 aliphatic carbocycles. The number of aromatic amines is 1. The maximum absolute atomic E-state index is 13.9. The number of alkyl halides is 3. The SMILES string of the molecule is Cc1ccc(Cn2c(-c3ccc(Oc4ccc5[nH]c(C(=O)OCC(C)(C)CN(C)C)cc5c4)cc3)cc(C(F)(F)F)c(N)c2=O)c(C)c1. The standard InChI is InChI=1S/C37H39F3N4O4/c1-22-7-8-25(23(2)15-22)19-44-32(18-29(37(38,39)40)33(41)34(44)45)24-9-11-27(12-10-24)48-28-13-14-30-26(16-28)17-31(42-30)35(46)47-21-36(3,4)20-43(5)6/h7-18,42H,19-21,41H2,1-6H3. The fraction of sp³-hybridized carbons (Fsp3) is 0.297. The van der Waals surface area contributed by atoms with Crippen molar-refractivity contribution in [2.24, 2.45) is 5.41 Å². The minimum absolute atomic E-state index is 0.0426. The Bertz CT molecular complexity index is 2030. The molecule has 0 aliphatic heterocycles. The van der Waals surface area contributed by atoms with Crippen molar-refractivity contribution in [2.45, 2.75) is 40.4 Å². The second-order valence-corrected chi connectivity index (χ2v) is 13.2. The number of aryl methyl sites for hydroxylation is 2. The van der Waals surface area contributed by atoms with Gasteiger partial charge in [0.25, 0.3) is 5.56 Å². The first-order valence-electron chi connectivity index (χ1n) is 15.4. The van der Waals surface area contributed by atoms with Crippen molar-refractivity contribution >= 4 is 22.6 Å². The molecule has 5 aromatic rings. The molecule has 0 radical (unpaired) electrons. The Labute approximate surface area is 276 Å². The van der Waals surface area contributed by atoms with Crippen LogP contribution in [0.5, 0.6) is 11.5 Å². The summed E-state index contributed by atoms with van der Waals surface area (Å²) in [6.07, 6.45) is -4.81. The smallest absolute Gasteiger partial charge is 0.418 e. The largest absolute Gasteiger partial charge is 0.460 e. The molecule has 0 atom stereocenters. The van der Waals surface area contributed by atoms with Crippen molar-refractivity contribution < 1.29 is 27.4 Å². The molecule has 5 rings (SSSR count). The molecule has 8 nitrogen and oxygen atoms in total. The molecule has 0 saturated heterocycles. The molecule has 3 N–H and O–H groups in total. The van der Waals surface area contributed by atoms with Gasteiger partial charge in [0.15, 0.2) is 0 Å². The number of pyridine rings is 1. The van der Waals surface area contributed by atoms with Gasteiger partial charge >= 0.3 is 12.1 Å². The van der Waals surface area contributed by atoms with Gasteiger partial charge in [-0.25, -0.2) is 4.79 Å². The van der Waals surface area contributed by atoms with E-state index in [1.54, 1.807) is 48.5 Å². The van der Waals surface area contributed by atoms with Crippen molar-refractivity contribution in [1.29, 1.82) is 0 Å². The number of hydrogen-bond donors (Lipinski definition) is 2. The lowest BCUT2D eigenvalue weighted by Gasteiger charge is -2.27. The molecule has 3 aromatic carbocycles. The topological polar surface area (TPSA) is 103 Å². The molecular weight excluding hydrogens is 621 g/mol. The van der Waals surface area contributed by atoms with Crippen LogP contribution < -0.4 is 16.0 Å². The number of halogens is 3. The van der Waals surface area contributed by atoms with Crippen LogP contribution in [0.2, 0.25) is 0 Å². The van der Waals surface area contributed by atoms with Gasteiger partial charge in [0, 0.05) is 22.9 Å². The van der Waals surface area contributed by atoms with Gasteiger partial charge in [-0.3, -0.25) is 4.79 Å². The second-order valence-electron chi connectivity index (χ2n) is 13.2. The molecule has 0 spiro atoms. The predicted molar refractivity (Wildman–Crippen MR) is 182 cm³/mol. The van der Waals surface area contributed by atoms with Crippen LogP contribution >= 0.6 is 0 Å². The molecule has 0 saturated carbocycles. The van der Waals surface area contributed by atoms with Gasteiger partial charge in [-0.1, -0.05) is 37.6 Å². The summed E-state index contributed by atoms with van der Waals surface area (Å²) >= 11 is 0. The number of nitrogens with one attached hydrogen (secondary N) is 1. The first kappa shape index (κ1) is 34.3. The van der Waals surface area contributed by atoms with E-state index >= 15 is 0 Å². The van der Waals surface area contributed by atoms with Gasteiger partial charge in [0.2, 0.25) is 0 Å². The number of carbonyl (C=O) groups is 1. The molecule has 2 aromatic heterocycles. The molecule has 0 aliphatic rings. The zero-order chi connectivity index (χ0) is 35.0. The number of esters is 1. The van der Waals surface area contributed by atoms with Crippen molar-refractivity contribution in [3.63, 3.8) is 0 Å². The summed E-state index contributed by atoms with van der Waals surface area (Å²) in [5.74, 6) is 0.453. The Kier molecular flexibility index (Phi) is 9.46. The predicted octanol–water partition coefficient (Wildman–Crippen LogP) is 7.80. The molecule has 0 unspecified atom stereocenters. The number of ether oxygens (including phenoxy) is 2. The zero-order valence-corrected chi connectivity index (χ0v) is 27.8. The Morgan fingerprint density at radius 3 is 2.27 bits per heavy atom. The lowest BCUT2D eigenvalue weighted by Crippen LogP contribution is -2.33. The number of nitrogen functional groups attached to an aromatic ring is 1. The van der Waals surface area contributed by atoms with E-state index in [1.807, 2.05) is 64.9 Å². The van der Waals surface area contributed by atoms with Crippen LogP contribution in [0.15, 0.2) is 77.6 Å². The summed E-state index contributed by atoms with van der Waals surface area (Å²) in [7, 11) is 3.93. The number of rotatable bonds is 10. The second kappa shape index (κ2) is 13.2. The fourth-order valence-electron chi connectivity index (χ4n) is 5.84. The summed E-state index contributed by atoms with van der Waals surface area (Å²) < 4.78 is 54.6. The van der Waals surface area contributed by atoms with Gasteiger partial charge < -0.3 is 29.7 Å². The highest BCUT2D eigenvalue weighted by molar-refractivity contribution is 5.95. The van der Waals surface area contributed by atoms with Crippen molar-refractivity contribution in [2.75, 3.05) is 33.0 Å². The summed E-state index contributed by atoms with van der Waals surface area (Å²) in [5.41, 5.74) is 6.81. The summed E-state index contributed by atoms with van der Waals surface area (Å²) in [5, 5.41) is 0.737. The minimum atomic E-state index is -4.81. The maximum Gasteiger partial charge on any atom is 0.418 e. The zero-order valence-electron chi connectivity index (χ0n) is 27.8. The van der Waals surface area contributed by atoms with Crippen LogP contribution in [0.3, 0.4) is 0 Å². The van der Waals surface area contributed by atoms with Gasteiger partial charge in [-0.15, -0.1) is 0 Å². The van der Waals surface area contributed by atoms with Crippen molar-refractivity contribution in [3.05, 3.63) is 111 Å². The maximum atomic E-state index is 13.9. The first-order chi connectivity index (χ1) is 22.5. The lowest BCUT2D eigenvalue weighted by atomic mass is 9.94. The number of hydrogen-bond acceptors (Lipinski definition) is 6. The first-order valence-corrected chi connectivity index (χ1v) is 15.4. The number of carbonyl (C=O) groups excluding carboxylic acids is 1. The van der Waals surface area contributed by atoms with Gasteiger partial charge in [0.1, 0.15) is 22.9 Å². The average molecular weight is 661 g/mol. The molecular formula is C37H39F3N4O4. The molecule has 252 valence electrons. The molecule has 0 fully saturated rings. The van der Waals surface area contributed by atoms with Gasteiger partial charge in [-0.2, -0.15) is 13.2 Å². The Balaban J connectivity index is 1.39.